The number of sulfonamides is 1. The fraction of sp³-hybridized carbons (Fsp3) is 0.188. The predicted molar refractivity (Wildman–Crippen MR) is 93.5 cm³/mol. The Hall–Kier alpha value is -2.25. The zero-order valence-corrected chi connectivity index (χ0v) is 14.5. The highest BCUT2D eigenvalue weighted by molar-refractivity contribution is 7.92. The van der Waals surface area contributed by atoms with Crippen LogP contribution in [-0.2, 0) is 19.6 Å². The van der Waals surface area contributed by atoms with Gasteiger partial charge in [0.15, 0.2) is 0 Å². The van der Waals surface area contributed by atoms with E-state index >= 15 is 0 Å². The van der Waals surface area contributed by atoms with Crippen molar-refractivity contribution < 1.29 is 17.9 Å². The van der Waals surface area contributed by atoms with Gasteiger partial charge >= 0.3 is 5.97 Å². The maximum absolute atomic E-state index is 12.9. The Labute approximate surface area is 145 Å². The van der Waals surface area contributed by atoms with Gasteiger partial charge in [-0.3, -0.25) is 9.10 Å². The van der Waals surface area contributed by atoms with Crippen molar-refractivity contribution in [2.75, 3.05) is 23.2 Å². The van der Waals surface area contributed by atoms with E-state index < -0.39 is 22.5 Å². The third-order valence-corrected chi connectivity index (χ3v) is 5.20. The van der Waals surface area contributed by atoms with Gasteiger partial charge in [0, 0.05) is 10.7 Å². The first-order valence-corrected chi connectivity index (χ1v) is 8.96. The van der Waals surface area contributed by atoms with E-state index in [-0.39, 0.29) is 11.5 Å². The highest BCUT2D eigenvalue weighted by atomic mass is 35.5. The Morgan fingerprint density at radius 3 is 2.25 bits per heavy atom. The molecule has 0 aliphatic rings. The van der Waals surface area contributed by atoms with Gasteiger partial charge in [0.1, 0.15) is 6.54 Å². The summed E-state index contributed by atoms with van der Waals surface area (Å²) in [5.74, 6) is -0.647. The van der Waals surface area contributed by atoms with Crippen molar-refractivity contribution in [3.63, 3.8) is 0 Å². The molecular weight excluding hydrogens is 352 g/mol. The minimum atomic E-state index is -3.96. The van der Waals surface area contributed by atoms with Gasteiger partial charge in [0.2, 0.25) is 0 Å². The van der Waals surface area contributed by atoms with Crippen LogP contribution in [-0.4, -0.2) is 27.5 Å². The molecule has 0 fully saturated rings. The highest BCUT2D eigenvalue weighted by Gasteiger charge is 2.27. The zero-order valence-electron chi connectivity index (χ0n) is 13.0. The van der Waals surface area contributed by atoms with E-state index in [9.17, 15) is 13.2 Å². The molecule has 0 atom stereocenters. The van der Waals surface area contributed by atoms with Gasteiger partial charge in [-0.25, -0.2) is 8.42 Å². The number of hydrogen-bond acceptors (Lipinski definition) is 5. The van der Waals surface area contributed by atoms with E-state index in [1.165, 1.54) is 36.4 Å². The van der Waals surface area contributed by atoms with Crippen LogP contribution in [0.5, 0.6) is 0 Å². The second kappa shape index (κ2) is 7.55. The summed E-state index contributed by atoms with van der Waals surface area (Å²) in [6.45, 7) is 1.37. The Bertz CT molecular complexity index is 805. The molecule has 0 unspecified atom stereocenters. The minimum absolute atomic E-state index is 0.0240. The Morgan fingerprint density at radius 1 is 1.12 bits per heavy atom. The summed E-state index contributed by atoms with van der Waals surface area (Å²) in [7, 11) is -3.96. The summed E-state index contributed by atoms with van der Waals surface area (Å²) in [4.78, 5) is 11.9. The molecule has 2 rings (SSSR count). The molecule has 2 aromatic carbocycles. The molecule has 0 saturated carbocycles. The average Bonchev–Trinajstić information content (AvgIpc) is 2.54. The Balaban J connectivity index is 2.45. The molecule has 8 heteroatoms. The van der Waals surface area contributed by atoms with Crippen molar-refractivity contribution in [2.45, 2.75) is 11.8 Å². The Morgan fingerprint density at radius 2 is 1.71 bits per heavy atom. The number of rotatable bonds is 6. The smallest absolute Gasteiger partial charge is 0.326 e. The van der Waals surface area contributed by atoms with E-state index in [0.29, 0.717) is 16.4 Å². The molecule has 128 valence electrons. The number of anilines is 2. The molecular formula is C16H17ClN2O4S. The van der Waals surface area contributed by atoms with Crippen LogP contribution in [0.1, 0.15) is 6.92 Å². The van der Waals surface area contributed by atoms with E-state index in [4.69, 9.17) is 22.1 Å². The van der Waals surface area contributed by atoms with Gasteiger partial charge in [-0.05, 0) is 55.5 Å². The van der Waals surface area contributed by atoms with Crippen molar-refractivity contribution in [3.05, 3.63) is 53.6 Å². The lowest BCUT2D eigenvalue weighted by Crippen LogP contribution is -2.36. The molecule has 2 aromatic rings. The maximum atomic E-state index is 12.9. The predicted octanol–water partition coefficient (Wildman–Crippen LogP) is 2.68. The van der Waals surface area contributed by atoms with E-state index in [2.05, 4.69) is 0 Å². The maximum Gasteiger partial charge on any atom is 0.326 e. The number of nitrogens with zero attached hydrogens (tertiary/aromatic N) is 1. The number of hydrogen-bond donors (Lipinski definition) is 1. The highest BCUT2D eigenvalue weighted by Crippen LogP contribution is 2.25. The standard InChI is InChI=1S/C16H17ClN2O4S/c1-2-23-16(20)11-19(14-7-3-12(17)4-8-14)24(21,22)15-9-5-13(18)6-10-15/h3-10H,2,11,18H2,1H3. The normalized spacial score (nSPS) is 11.1. The van der Waals surface area contributed by atoms with Gasteiger partial charge in [0.05, 0.1) is 17.2 Å². The molecule has 0 saturated heterocycles. The molecule has 0 radical (unpaired) electrons. The number of esters is 1. The molecule has 6 nitrogen and oxygen atoms in total. The first-order valence-electron chi connectivity index (χ1n) is 7.14. The SMILES string of the molecule is CCOC(=O)CN(c1ccc(Cl)cc1)S(=O)(=O)c1ccc(N)cc1. The van der Waals surface area contributed by atoms with Gasteiger partial charge in [-0.1, -0.05) is 11.6 Å². The van der Waals surface area contributed by atoms with Crippen molar-refractivity contribution in [2.24, 2.45) is 0 Å². The molecule has 2 N–H and O–H groups in total. The lowest BCUT2D eigenvalue weighted by molar-refractivity contribution is -0.141. The lowest BCUT2D eigenvalue weighted by Gasteiger charge is -2.23. The van der Waals surface area contributed by atoms with Crippen LogP contribution >= 0.6 is 11.6 Å². The van der Waals surface area contributed by atoms with Crippen molar-refractivity contribution >= 4 is 39.0 Å². The summed E-state index contributed by atoms with van der Waals surface area (Å²) < 4.78 is 31.7. The van der Waals surface area contributed by atoms with Crippen LogP contribution in [0.3, 0.4) is 0 Å². The van der Waals surface area contributed by atoms with Crippen LogP contribution < -0.4 is 10.0 Å². The number of nitrogens with two attached hydrogens (primary N) is 1. The van der Waals surface area contributed by atoms with Crippen molar-refractivity contribution in [3.8, 4) is 0 Å². The largest absolute Gasteiger partial charge is 0.465 e. The van der Waals surface area contributed by atoms with Gasteiger partial charge in [-0.15, -0.1) is 0 Å². The van der Waals surface area contributed by atoms with Gasteiger partial charge < -0.3 is 10.5 Å². The first kappa shape index (κ1) is 18.1. The average molecular weight is 369 g/mol. The lowest BCUT2D eigenvalue weighted by atomic mass is 10.3. The molecule has 0 heterocycles. The number of nitrogen functional groups attached to an aromatic ring is 1. The second-order valence-corrected chi connectivity index (χ2v) is 7.16. The monoisotopic (exact) mass is 368 g/mol. The van der Waals surface area contributed by atoms with Crippen LogP contribution in [0, 0.1) is 0 Å². The summed E-state index contributed by atoms with van der Waals surface area (Å²) in [6.07, 6.45) is 0. The van der Waals surface area contributed by atoms with Crippen molar-refractivity contribution in [1.82, 2.24) is 0 Å². The fourth-order valence-corrected chi connectivity index (χ4v) is 3.55. The molecule has 0 aliphatic carbocycles. The third-order valence-electron chi connectivity index (χ3n) is 3.16. The van der Waals surface area contributed by atoms with Crippen LogP contribution in [0.15, 0.2) is 53.4 Å². The molecule has 0 aliphatic heterocycles. The summed E-state index contributed by atoms with van der Waals surface area (Å²) in [5, 5.41) is 0.458. The second-order valence-electron chi connectivity index (χ2n) is 4.86. The molecule has 24 heavy (non-hydrogen) atoms. The van der Waals surface area contributed by atoms with E-state index in [1.54, 1.807) is 19.1 Å². The number of benzene rings is 2. The summed E-state index contributed by atoms with van der Waals surface area (Å²) >= 11 is 5.85. The summed E-state index contributed by atoms with van der Waals surface area (Å²) in [6, 6.07) is 11.9. The van der Waals surface area contributed by atoms with E-state index in [0.717, 1.165) is 4.31 Å². The number of ether oxygens (including phenoxy) is 1. The van der Waals surface area contributed by atoms with Crippen LogP contribution in [0.4, 0.5) is 11.4 Å². The molecule has 0 amide bonds. The minimum Gasteiger partial charge on any atom is -0.465 e. The topological polar surface area (TPSA) is 89.7 Å². The number of carbonyl (C=O) groups is 1. The number of carbonyl (C=O) groups excluding carboxylic acids is 1. The van der Waals surface area contributed by atoms with Crippen LogP contribution in [0.2, 0.25) is 5.02 Å². The van der Waals surface area contributed by atoms with Crippen LogP contribution in [0.25, 0.3) is 0 Å². The molecule has 0 bridgehead atoms. The van der Waals surface area contributed by atoms with E-state index in [1.807, 2.05) is 0 Å². The number of halogens is 1. The Kier molecular flexibility index (Phi) is 5.69. The summed E-state index contributed by atoms with van der Waals surface area (Å²) in [5.41, 5.74) is 6.35. The fourth-order valence-electron chi connectivity index (χ4n) is 2.01. The van der Waals surface area contributed by atoms with Gasteiger partial charge in [0.25, 0.3) is 10.0 Å². The first-order chi connectivity index (χ1) is 11.3. The van der Waals surface area contributed by atoms with Crippen molar-refractivity contribution in [1.29, 1.82) is 0 Å². The third kappa shape index (κ3) is 4.18. The molecule has 0 aromatic heterocycles. The quantitative estimate of drug-likeness (QED) is 0.625. The molecule has 0 spiro atoms. The van der Waals surface area contributed by atoms with Gasteiger partial charge in [-0.2, -0.15) is 0 Å². The zero-order chi connectivity index (χ0) is 17.7.